The topological polar surface area (TPSA) is 72.2 Å². The van der Waals surface area contributed by atoms with Gasteiger partial charge in [-0.05, 0) is 36.1 Å². The van der Waals surface area contributed by atoms with Crippen LogP contribution in [0, 0.1) is 0 Å². The Balaban J connectivity index is 2.34. The number of benzene rings is 2. The van der Waals surface area contributed by atoms with Crippen LogP contribution in [-0.2, 0) is 10.0 Å². The Morgan fingerprint density at radius 1 is 1.15 bits per heavy atom. The van der Waals surface area contributed by atoms with Crippen molar-refractivity contribution in [3.05, 3.63) is 48.5 Å². The Morgan fingerprint density at radius 2 is 1.90 bits per heavy atom. The monoisotopic (exact) mass is 308 g/mol. The first kappa shape index (κ1) is 14.7. The Labute approximate surface area is 123 Å². The zero-order valence-electron chi connectivity index (χ0n) is 11.0. The van der Waals surface area contributed by atoms with Crippen molar-refractivity contribution < 1.29 is 8.42 Å². The highest BCUT2D eigenvalue weighted by Crippen LogP contribution is 2.28. The van der Waals surface area contributed by atoms with Gasteiger partial charge in [-0.25, -0.2) is 8.42 Å². The van der Waals surface area contributed by atoms with Gasteiger partial charge in [0.25, 0.3) is 10.0 Å². The van der Waals surface area contributed by atoms with Gasteiger partial charge in [0.15, 0.2) is 0 Å². The minimum atomic E-state index is -3.62. The lowest BCUT2D eigenvalue weighted by Crippen LogP contribution is -2.13. The zero-order valence-corrected chi connectivity index (χ0v) is 12.7. The van der Waals surface area contributed by atoms with Gasteiger partial charge in [0.1, 0.15) is 0 Å². The minimum Gasteiger partial charge on any atom is -0.399 e. The number of rotatable bonds is 5. The number of nitrogens with two attached hydrogens (primary N) is 1. The lowest BCUT2D eigenvalue weighted by Gasteiger charge is -2.12. The molecule has 3 N–H and O–H groups in total. The van der Waals surface area contributed by atoms with E-state index in [1.807, 2.05) is 19.1 Å². The molecule has 4 nitrogen and oxygen atoms in total. The summed E-state index contributed by atoms with van der Waals surface area (Å²) in [6, 6.07) is 13.6. The fourth-order valence-corrected chi connectivity index (χ4v) is 3.68. The van der Waals surface area contributed by atoms with Crippen LogP contribution in [0.2, 0.25) is 0 Å². The molecule has 0 spiro atoms. The summed E-state index contributed by atoms with van der Waals surface area (Å²) in [7, 11) is -3.62. The van der Waals surface area contributed by atoms with Gasteiger partial charge in [0.2, 0.25) is 0 Å². The number of anilines is 2. The van der Waals surface area contributed by atoms with Crippen LogP contribution in [0.1, 0.15) is 6.92 Å². The van der Waals surface area contributed by atoms with Crippen LogP contribution in [0.3, 0.4) is 0 Å². The number of thioether (sulfide) groups is 1. The molecule has 0 aliphatic carbocycles. The fraction of sp³-hybridized carbons (Fsp3) is 0.143. The third-order valence-corrected chi connectivity index (χ3v) is 4.92. The quantitative estimate of drug-likeness (QED) is 0.657. The Morgan fingerprint density at radius 3 is 2.60 bits per heavy atom. The van der Waals surface area contributed by atoms with E-state index in [9.17, 15) is 8.42 Å². The van der Waals surface area contributed by atoms with E-state index in [0.717, 1.165) is 10.6 Å². The molecule has 0 fully saturated rings. The molecule has 0 unspecified atom stereocenters. The average molecular weight is 308 g/mol. The lowest BCUT2D eigenvalue weighted by molar-refractivity contribution is 0.601. The molecule has 0 atom stereocenters. The molecular formula is C14H16N2O2S2. The Hall–Kier alpha value is -1.66. The van der Waals surface area contributed by atoms with E-state index in [1.54, 1.807) is 36.0 Å². The van der Waals surface area contributed by atoms with Crippen LogP contribution in [0.4, 0.5) is 11.4 Å². The predicted octanol–water partition coefficient (Wildman–Crippen LogP) is 3.18. The molecule has 0 aliphatic heterocycles. The maximum absolute atomic E-state index is 12.3. The van der Waals surface area contributed by atoms with Crippen molar-refractivity contribution in [2.24, 2.45) is 0 Å². The zero-order chi connectivity index (χ0) is 14.6. The molecule has 2 rings (SSSR count). The van der Waals surface area contributed by atoms with Crippen LogP contribution in [0.25, 0.3) is 0 Å². The molecule has 0 heterocycles. The molecule has 20 heavy (non-hydrogen) atoms. The second kappa shape index (κ2) is 6.19. The van der Waals surface area contributed by atoms with Crippen LogP contribution in [0.5, 0.6) is 0 Å². The van der Waals surface area contributed by atoms with Gasteiger partial charge in [-0.15, -0.1) is 11.8 Å². The van der Waals surface area contributed by atoms with Crippen LogP contribution in [0.15, 0.2) is 58.3 Å². The van der Waals surface area contributed by atoms with Gasteiger partial charge in [-0.3, -0.25) is 4.72 Å². The maximum atomic E-state index is 12.3. The van der Waals surface area contributed by atoms with Crippen molar-refractivity contribution in [1.82, 2.24) is 0 Å². The number of sulfonamides is 1. The van der Waals surface area contributed by atoms with E-state index in [1.165, 1.54) is 12.1 Å². The molecule has 2 aromatic carbocycles. The first-order chi connectivity index (χ1) is 9.53. The van der Waals surface area contributed by atoms with E-state index in [-0.39, 0.29) is 4.90 Å². The molecule has 0 aliphatic rings. The van der Waals surface area contributed by atoms with Gasteiger partial charge >= 0.3 is 0 Å². The maximum Gasteiger partial charge on any atom is 0.262 e. The smallest absolute Gasteiger partial charge is 0.262 e. The first-order valence-electron chi connectivity index (χ1n) is 6.13. The average Bonchev–Trinajstić information content (AvgIpc) is 2.41. The molecule has 0 aromatic heterocycles. The van der Waals surface area contributed by atoms with Crippen molar-refractivity contribution in [1.29, 1.82) is 0 Å². The van der Waals surface area contributed by atoms with Crippen molar-refractivity contribution in [2.75, 3.05) is 16.2 Å². The second-order valence-electron chi connectivity index (χ2n) is 4.11. The van der Waals surface area contributed by atoms with E-state index in [4.69, 9.17) is 5.73 Å². The minimum absolute atomic E-state index is 0.161. The van der Waals surface area contributed by atoms with E-state index in [2.05, 4.69) is 4.72 Å². The summed E-state index contributed by atoms with van der Waals surface area (Å²) in [6.07, 6.45) is 0. The fourth-order valence-electron chi connectivity index (χ4n) is 1.72. The predicted molar refractivity (Wildman–Crippen MR) is 84.5 cm³/mol. The molecule has 0 amide bonds. The molecule has 0 saturated heterocycles. The molecule has 106 valence electrons. The van der Waals surface area contributed by atoms with Gasteiger partial charge < -0.3 is 5.73 Å². The highest BCUT2D eigenvalue weighted by Gasteiger charge is 2.15. The summed E-state index contributed by atoms with van der Waals surface area (Å²) in [5.74, 6) is 0.872. The molecular weight excluding hydrogens is 292 g/mol. The van der Waals surface area contributed by atoms with Gasteiger partial charge in [-0.2, -0.15) is 0 Å². The van der Waals surface area contributed by atoms with Crippen LogP contribution in [-0.4, -0.2) is 14.2 Å². The number of hydrogen-bond acceptors (Lipinski definition) is 4. The lowest BCUT2D eigenvalue weighted by atomic mass is 10.3. The molecule has 0 bridgehead atoms. The van der Waals surface area contributed by atoms with Crippen LogP contribution < -0.4 is 10.5 Å². The summed E-state index contributed by atoms with van der Waals surface area (Å²) >= 11 is 1.59. The number of hydrogen-bond donors (Lipinski definition) is 2. The standard InChI is InChI=1S/C14H16N2O2S2/c1-2-19-14-9-4-3-8-13(14)16-20(17,18)12-7-5-6-11(15)10-12/h3-10,16H,2,15H2,1H3. The SMILES string of the molecule is CCSc1ccccc1NS(=O)(=O)c1cccc(N)c1. The van der Waals surface area contributed by atoms with E-state index >= 15 is 0 Å². The largest absolute Gasteiger partial charge is 0.399 e. The Bertz CT molecular complexity index is 700. The van der Waals surface area contributed by atoms with Crippen molar-refractivity contribution in [2.45, 2.75) is 16.7 Å². The van der Waals surface area contributed by atoms with E-state index in [0.29, 0.717) is 11.4 Å². The summed E-state index contributed by atoms with van der Waals surface area (Å²) < 4.78 is 27.3. The third-order valence-electron chi connectivity index (χ3n) is 2.60. The van der Waals surface area contributed by atoms with Crippen molar-refractivity contribution in [3.63, 3.8) is 0 Å². The third kappa shape index (κ3) is 3.46. The molecule has 0 radical (unpaired) electrons. The number of nitrogen functional groups attached to an aromatic ring is 1. The second-order valence-corrected chi connectivity index (χ2v) is 7.10. The summed E-state index contributed by atoms with van der Waals surface area (Å²) in [5.41, 5.74) is 6.64. The van der Waals surface area contributed by atoms with Crippen molar-refractivity contribution in [3.8, 4) is 0 Å². The molecule has 2 aromatic rings. The highest BCUT2D eigenvalue weighted by molar-refractivity contribution is 7.99. The number of nitrogens with one attached hydrogen (secondary N) is 1. The highest BCUT2D eigenvalue weighted by atomic mass is 32.2. The number of para-hydroxylation sites is 1. The molecule has 6 heteroatoms. The van der Waals surface area contributed by atoms with Gasteiger partial charge in [0.05, 0.1) is 10.6 Å². The summed E-state index contributed by atoms with van der Waals surface area (Å²) in [6.45, 7) is 2.02. The molecule has 0 saturated carbocycles. The van der Waals surface area contributed by atoms with E-state index < -0.39 is 10.0 Å². The summed E-state index contributed by atoms with van der Waals surface area (Å²) in [5, 5.41) is 0. The Kier molecular flexibility index (Phi) is 4.57. The summed E-state index contributed by atoms with van der Waals surface area (Å²) in [4.78, 5) is 1.07. The van der Waals surface area contributed by atoms with Gasteiger partial charge in [0, 0.05) is 10.6 Å². The normalized spacial score (nSPS) is 11.2. The van der Waals surface area contributed by atoms with Crippen LogP contribution >= 0.6 is 11.8 Å². The van der Waals surface area contributed by atoms with Crippen molar-refractivity contribution >= 4 is 33.2 Å². The van der Waals surface area contributed by atoms with Gasteiger partial charge in [-0.1, -0.05) is 25.1 Å². The first-order valence-corrected chi connectivity index (χ1v) is 8.60.